The van der Waals surface area contributed by atoms with Gasteiger partial charge in [-0.1, -0.05) is 6.07 Å². The standard InChI is InChI=1S/C25H25N5O5S/c1-4-26-25(34)29-21-10-16(23-28-14(2)13-36-23)18(11-27-21)15-5-6-20-17(9-15)22(31)19(24(32)33)12-30(20)7-8-35-3/h5-6,9-13H,4,7-8H2,1-3H3,(H,32,33)(H2,26,27,29,34)/p-1. The second-order valence-electron chi connectivity index (χ2n) is 7.97. The normalized spacial score (nSPS) is 11.0. The first-order chi connectivity index (χ1) is 17.3. The maximum Gasteiger partial charge on any atom is 0.320 e. The number of amides is 2. The molecule has 3 aromatic heterocycles. The number of benzene rings is 1. The first-order valence-corrected chi connectivity index (χ1v) is 12.1. The van der Waals surface area contributed by atoms with Crippen molar-refractivity contribution in [1.29, 1.82) is 0 Å². The Hall–Kier alpha value is -4.09. The number of urea groups is 1. The number of nitrogens with one attached hydrogen (secondary N) is 2. The summed E-state index contributed by atoms with van der Waals surface area (Å²) in [6.45, 7) is 4.86. The van der Waals surface area contributed by atoms with Gasteiger partial charge in [-0.2, -0.15) is 0 Å². The molecule has 0 aliphatic carbocycles. The van der Waals surface area contributed by atoms with Crippen LogP contribution < -0.4 is 21.2 Å². The van der Waals surface area contributed by atoms with Gasteiger partial charge in [0.05, 0.1) is 23.7 Å². The number of methoxy groups -OCH3 is 1. The van der Waals surface area contributed by atoms with Crippen LogP contribution in [0.2, 0.25) is 0 Å². The largest absolute Gasteiger partial charge is 0.545 e. The smallest absolute Gasteiger partial charge is 0.320 e. The Bertz CT molecular complexity index is 1510. The number of carbonyl (C=O) groups is 2. The molecule has 10 nitrogen and oxygen atoms in total. The maximum atomic E-state index is 13.0. The predicted molar refractivity (Wildman–Crippen MR) is 136 cm³/mol. The summed E-state index contributed by atoms with van der Waals surface area (Å²) < 4.78 is 6.79. The van der Waals surface area contributed by atoms with Gasteiger partial charge in [0, 0.05) is 60.2 Å². The minimum absolute atomic E-state index is 0.232. The van der Waals surface area contributed by atoms with Crippen LogP contribution in [0.15, 0.2) is 46.8 Å². The van der Waals surface area contributed by atoms with Crippen molar-refractivity contribution in [3.8, 4) is 21.7 Å². The molecule has 36 heavy (non-hydrogen) atoms. The molecule has 0 aliphatic rings. The quantitative estimate of drug-likeness (QED) is 0.375. The molecule has 0 fully saturated rings. The van der Waals surface area contributed by atoms with Crippen LogP contribution in [-0.2, 0) is 11.3 Å². The van der Waals surface area contributed by atoms with E-state index in [4.69, 9.17) is 4.74 Å². The monoisotopic (exact) mass is 506 g/mol. The fourth-order valence-electron chi connectivity index (χ4n) is 3.81. The van der Waals surface area contributed by atoms with E-state index in [1.807, 2.05) is 25.3 Å². The molecule has 4 rings (SSSR count). The first kappa shape index (κ1) is 25.0. The summed E-state index contributed by atoms with van der Waals surface area (Å²) in [6.07, 6.45) is 2.88. The van der Waals surface area contributed by atoms with Crippen molar-refractivity contribution in [2.24, 2.45) is 0 Å². The topological polar surface area (TPSA) is 138 Å². The summed E-state index contributed by atoms with van der Waals surface area (Å²) in [5, 5.41) is 19.9. The van der Waals surface area contributed by atoms with Crippen LogP contribution in [0.4, 0.5) is 10.6 Å². The minimum Gasteiger partial charge on any atom is -0.545 e. The van der Waals surface area contributed by atoms with Crippen molar-refractivity contribution in [1.82, 2.24) is 19.9 Å². The van der Waals surface area contributed by atoms with Crippen LogP contribution in [0.3, 0.4) is 0 Å². The molecule has 3 heterocycles. The summed E-state index contributed by atoms with van der Waals surface area (Å²) in [5.41, 5.74) is 2.39. The fraction of sp³-hybridized carbons (Fsp3) is 0.240. The lowest BCUT2D eigenvalue weighted by Gasteiger charge is -2.15. The minimum atomic E-state index is -1.54. The Balaban J connectivity index is 1.89. The number of fused-ring (bicyclic) bond motifs is 1. The summed E-state index contributed by atoms with van der Waals surface area (Å²) in [6, 6.07) is 6.59. The molecule has 1 aromatic carbocycles. The number of thiazole rings is 1. The molecule has 11 heteroatoms. The molecule has 0 bridgehead atoms. The molecule has 2 amide bonds. The van der Waals surface area contributed by atoms with Gasteiger partial charge in [-0.05, 0) is 37.6 Å². The summed E-state index contributed by atoms with van der Waals surface area (Å²) in [5.74, 6) is -1.20. The average molecular weight is 507 g/mol. The number of aromatic nitrogens is 3. The molecule has 4 aromatic rings. The van der Waals surface area contributed by atoms with E-state index in [2.05, 4.69) is 20.6 Å². The highest BCUT2D eigenvalue weighted by molar-refractivity contribution is 7.13. The zero-order chi connectivity index (χ0) is 25.8. The van der Waals surface area contributed by atoms with Crippen LogP contribution in [-0.4, -0.2) is 46.8 Å². The van der Waals surface area contributed by atoms with Gasteiger partial charge in [0.1, 0.15) is 10.8 Å². The van der Waals surface area contributed by atoms with Crippen LogP contribution in [0.5, 0.6) is 0 Å². The molecule has 0 unspecified atom stereocenters. The Kier molecular flexibility index (Phi) is 7.41. The van der Waals surface area contributed by atoms with Crippen molar-refractivity contribution < 1.29 is 19.4 Å². The number of anilines is 1. The van der Waals surface area contributed by atoms with E-state index in [0.717, 1.165) is 5.69 Å². The predicted octanol–water partition coefficient (Wildman–Crippen LogP) is 2.65. The zero-order valence-corrected chi connectivity index (χ0v) is 20.8. The second kappa shape index (κ2) is 10.7. The third-order valence-electron chi connectivity index (χ3n) is 5.48. The van der Waals surface area contributed by atoms with Crippen LogP contribution in [0.25, 0.3) is 32.6 Å². The lowest BCUT2D eigenvalue weighted by molar-refractivity contribution is -0.255. The number of hydrogen-bond acceptors (Lipinski definition) is 8. The average Bonchev–Trinajstić information content (AvgIpc) is 3.29. The Morgan fingerprint density at radius 2 is 2.03 bits per heavy atom. The van der Waals surface area contributed by atoms with Crippen molar-refractivity contribution in [2.45, 2.75) is 20.4 Å². The molecule has 0 saturated carbocycles. The van der Waals surface area contributed by atoms with E-state index < -0.39 is 17.0 Å². The van der Waals surface area contributed by atoms with Crippen LogP contribution in [0.1, 0.15) is 23.0 Å². The third kappa shape index (κ3) is 5.11. The van der Waals surface area contributed by atoms with Crippen molar-refractivity contribution >= 4 is 40.1 Å². The molecule has 2 N–H and O–H groups in total. The number of pyridine rings is 2. The van der Waals surface area contributed by atoms with Gasteiger partial charge < -0.3 is 24.5 Å². The van der Waals surface area contributed by atoms with E-state index in [1.165, 1.54) is 17.5 Å². The summed E-state index contributed by atoms with van der Waals surface area (Å²) >= 11 is 1.44. The van der Waals surface area contributed by atoms with Gasteiger partial charge >= 0.3 is 6.03 Å². The van der Waals surface area contributed by atoms with Gasteiger partial charge in [0.2, 0.25) is 0 Å². The molecule has 0 atom stereocenters. The number of carboxylic acid groups (broad SMARTS) is 1. The van der Waals surface area contributed by atoms with Gasteiger partial charge in [-0.25, -0.2) is 14.8 Å². The molecule has 0 spiro atoms. The number of ether oxygens (including phenoxy) is 1. The Morgan fingerprint density at radius 3 is 2.69 bits per heavy atom. The molecule has 0 aliphatic heterocycles. The van der Waals surface area contributed by atoms with Crippen molar-refractivity contribution in [3.63, 3.8) is 0 Å². The second-order valence-corrected chi connectivity index (χ2v) is 8.83. The lowest BCUT2D eigenvalue weighted by atomic mass is 9.99. The van der Waals surface area contributed by atoms with Crippen molar-refractivity contribution in [3.05, 3.63) is 63.5 Å². The van der Waals surface area contributed by atoms with Gasteiger partial charge in [0.15, 0.2) is 5.43 Å². The summed E-state index contributed by atoms with van der Waals surface area (Å²) in [7, 11) is 1.54. The third-order valence-corrected chi connectivity index (χ3v) is 6.47. The number of aromatic carboxylic acids is 1. The molecular weight excluding hydrogens is 482 g/mol. The van der Waals surface area contributed by atoms with Gasteiger partial charge in [-0.3, -0.25) is 10.1 Å². The Labute approximate surface area is 210 Å². The molecule has 0 saturated heterocycles. The van der Waals surface area contributed by atoms with Crippen LogP contribution in [0, 0.1) is 6.92 Å². The first-order valence-electron chi connectivity index (χ1n) is 11.2. The van der Waals surface area contributed by atoms with E-state index in [-0.39, 0.29) is 11.4 Å². The van der Waals surface area contributed by atoms with Gasteiger partial charge in [0.25, 0.3) is 0 Å². The fourth-order valence-corrected chi connectivity index (χ4v) is 4.64. The number of rotatable bonds is 8. The molecule has 0 radical (unpaired) electrons. The Morgan fingerprint density at radius 1 is 1.22 bits per heavy atom. The highest BCUT2D eigenvalue weighted by Gasteiger charge is 2.17. The number of hydrogen-bond donors (Lipinski definition) is 2. The number of carbonyl (C=O) groups excluding carboxylic acids is 2. The van der Waals surface area contributed by atoms with E-state index in [9.17, 15) is 19.5 Å². The van der Waals surface area contributed by atoms with E-state index >= 15 is 0 Å². The number of aryl methyl sites for hydroxylation is 1. The van der Waals surface area contributed by atoms with Gasteiger partial charge in [-0.15, -0.1) is 11.3 Å². The van der Waals surface area contributed by atoms with E-state index in [1.54, 1.807) is 36.1 Å². The maximum absolute atomic E-state index is 13.0. The SMILES string of the molecule is CCNC(=O)Nc1cc(-c2nc(C)cs2)c(-c2ccc3c(c2)c(=O)c(C(=O)[O-])cn3CCOC)cn1. The van der Waals surface area contributed by atoms with Crippen molar-refractivity contribution in [2.75, 3.05) is 25.6 Å². The highest BCUT2D eigenvalue weighted by atomic mass is 32.1. The van der Waals surface area contributed by atoms with E-state index in [0.29, 0.717) is 52.7 Å². The highest BCUT2D eigenvalue weighted by Crippen LogP contribution is 2.36. The zero-order valence-electron chi connectivity index (χ0n) is 20.0. The number of carboxylic acids is 1. The summed E-state index contributed by atoms with van der Waals surface area (Å²) in [4.78, 5) is 45.7. The molecular formula is C25H24N5O5S-. The molecule has 186 valence electrons. The number of nitrogens with zero attached hydrogens (tertiary/aromatic N) is 3. The lowest BCUT2D eigenvalue weighted by Crippen LogP contribution is -2.30. The van der Waals surface area contributed by atoms with Crippen LogP contribution >= 0.6 is 11.3 Å².